The molecule has 0 amide bonds. The predicted octanol–water partition coefficient (Wildman–Crippen LogP) is 2.91. The van der Waals surface area contributed by atoms with E-state index in [0.29, 0.717) is 46.5 Å². The highest BCUT2D eigenvalue weighted by Gasteiger charge is 2.28. The van der Waals surface area contributed by atoms with Gasteiger partial charge in [-0.1, -0.05) is 13.0 Å². The van der Waals surface area contributed by atoms with E-state index in [0.717, 1.165) is 0 Å². The molecule has 1 aliphatic rings. The highest BCUT2D eigenvalue weighted by Crippen LogP contribution is 2.33. The molecule has 0 saturated heterocycles. The molecule has 2 N–H and O–H groups in total. The van der Waals surface area contributed by atoms with E-state index in [2.05, 4.69) is 10.1 Å². The monoisotopic (exact) mass is 310 g/mol. The van der Waals surface area contributed by atoms with E-state index in [1.807, 2.05) is 6.92 Å². The van der Waals surface area contributed by atoms with Crippen LogP contribution in [0.15, 0.2) is 30.5 Å². The van der Waals surface area contributed by atoms with Gasteiger partial charge >= 0.3 is 0 Å². The first kappa shape index (κ1) is 13.9. The zero-order valence-electron chi connectivity index (χ0n) is 12.6. The summed E-state index contributed by atoms with van der Waals surface area (Å²) in [6.07, 6.45) is 2.77. The molecule has 0 aliphatic heterocycles. The number of fused-ring (bicyclic) bond motifs is 2. The van der Waals surface area contributed by atoms with Crippen LogP contribution in [-0.4, -0.2) is 20.5 Å². The molecule has 0 saturated carbocycles. The van der Waals surface area contributed by atoms with Crippen LogP contribution in [-0.2, 0) is 6.42 Å². The molecule has 2 heterocycles. The van der Waals surface area contributed by atoms with Crippen LogP contribution in [0.1, 0.15) is 29.4 Å². The van der Waals surface area contributed by atoms with E-state index in [1.54, 1.807) is 23.0 Å². The van der Waals surface area contributed by atoms with Crippen molar-refractivity contribution in [2.45, 2.75) is 19.8 Å². The van der Waals surface area contributed by atoms with E-state index in [-0.39, 0.29) is 17.5 Å². The van der Waals surface area contributed by atoms with Crippen molar-refractivity contribution in [3.05, 3.63) is 47.5 Å². The van der Waals surface area contributed by atoms with Gasteiger partial charge in [0.1, 0.15) is 5.82 Å². The number of nitrogens with zero attached hydrogens (tertiary/aromatic N) is 3. The lowest BCUT2D eigenvalue weighted by Gasteiger charge is -2.21. The van der Waals surface area contributed by atoms with Crippen molar-refractivity contribution >= 4 is 22.5 Å². The zero-order chi connectivity index (χ0) is 16.1. The fourth-order valence-electron chi connectivity index (χ4n) is 3.19. The topological polar surface area (TPSA) is 73.8 Å². The second-order valence-corrected chi connectivity index (χ2v) is 6.06. The zero-order valence-corrected chi connectivity index (χ0v) is 12.6. The fraction of sp³-hybridized carbons (Fsp3) is 0.235. The largest absolute Gasteiger partial charge is 0.397 e. The van der Waals surface area contributed by atoms with Gasteiger partial charge in [0, 0.05) is 6.42 Å². The summed E-state index contributed by atoms with van der Waals surface area (Å²) in [5, 5.41) is 4.90. The number of anilines is 1. The Morgan fingerprint density at radius 2 is 2.17 bits per heavy atom. The first-order valence-corrected chi connectivity index (χ1v) is 7.50. The maximum absolute atomic E-state index is 13.5. The Labute approximate surface area is 131 Å². The maximum atomic E-state index is 13.5. The average Bonchev–Trinajstić information content (AvgIpc) is 2.90. The van der Waals surface area contributed by atoms with Crippen LogP contribution in [0.25, 0.3) is 16.7 Å². The molecule has 0 unspecified atom stereocenters. The summed E-state index contributed by atoms with van der Waals surface area (Å²) in [7, 11) is 0. The molecular formula is C17H15FN4O. The van der Waals surface area contributed by atoms with E-state index in [4.69, 9.17) is 5.73 Å². The lowest BCUT2D eigenvalue weighted by molar-refractivity contribution is 0.0953. The molecule has 0 bridgehead atoms. The molecule has 3 aromatic rings. The highest BCUT2D eigenvalue weighted by molar-refractivity contribution is 6.08. The Bertz CT molecular complexity index is 947. The molecule has 0 radical (unpaired) electrons. The van der Waals surface area contributed by atoms with Crippen LogP contribution in [0.2, 0.25) is 0 Å². The second-order valence-electron chi connectivity index (χ2n) is 6.06. The minimum absolute atomic E-state index is 0.0316. The standard InChI is InChI=1S/C17H15FN4O/c1-9-5-13-15(14(23)6-9)16(19)12-8-20-22(17(12)21-13)11-4-2-3-10(18)7-11/h2-4,7-9H,5-6H2,1H3,(H2,19,21)/t9-/m1/s1. The lowest BCUT2D eigenvalue weighted by atomic mass is 9.86. The first-order chi connectivity index (χ1) is 11.0. The summed E-state index contributed by atoms with van der Waals surface area (Å²) in [5.74, 6) is -0.0741. The maximum Gasteiger partial charge on any atom is 0.167 e. The number of pyridine rings is 1. The molecule has 0 spiro atoms. The van der Waals surface area contributed by atoms with Gasteiger partial charge in [-0.15, -0.1) is 0 Å². The Balaban J connectivity index is 1.99. The summed E-state index contributed by atoms with van der Waals surface area (Å²) in [4.78, 5) is 16.9. The van der Waals surface area contributed by atoms with Crippen LogP contribution >= 0.6 is 0 Å². The third kappa shape index (κ3) is 2.10. The van der Waals surface area contributed by atoms with Crippen molar-refractivity contribution in [3.63, 3.8) is 0 Å². The summed E-state index contributed by atoms with van der Waals surface area (Å²) >= 11 is 0. The molecule has 1 aliphatic carbocycles. The molecule has 116 valence electrons. The van der Waals surface area contributed by atoms with Crippen LogP contribution in [0, 0.1) is 11.7 Å². The van der Waals surface area contributed by atoms with Gasteiger partial charge in [0.25, 0.3) is 0 Å². The molecule has 0 fully saturated rings. The van der Waals surface area contributed by atoms with E-state index < -0.39 is 0 Å². The Hall–Kier alpha value is -2.76. The van der Waals surface area contributed by atoms with Crippen molar-refractivity contribution in [1.29, 1.82) is 0 Å². The number of rotatable bonds is 1. The molecule has 23 heavy (non-hydrogen) atoms. The molecular weight excluding hydrogens is 295 g/mol. The molecule has 6 heteroatoms. The molecule has 1 aromatic carbocycles. The van der Waals surface area contributed by atoms with Gasteiger partial charge in [-0.2, -0.15) is 5.10 Å². The fourth-order valence-corrected chi connectivity index (χ4v) is 3.19. The summed E-state index contributed by atoms with van der Waals surface area (Å²) in [6, 6.07) is 6.13. The normalized spacial score (nSPS) is 17.5. The minimum Gasteiger partial charge on any atom is -0.397 e. The minimum atomic E-state index is -0.346. The molecule has 2 aromatic heterocycles. The number of nitrogens with two attached hydrogens (primary N) is 1. The van der Waals surface area contributed by atoms with Crippen LogP contribution in [0.4, 0.5) is 10.1 Å². The molecule has 4 rings (SSSR count). The predicted molar refractivity (Wildman–Crippen MR) is 85.1 cm³/mol. The van der Waals surface area contributed by atoms with Gasteiger partial charge < -0.3 is 5.73 Å². The number of halogens is 1. The first-order valence-electron chi connectivity index (χ1n) is 7.50. The summed E-state index contributed by atoms with van der Waals surface area (Å²) < 4.78 is 15.0. The highest BCUT2D eigenvalue weighted by atomic mass is 19.1. The summed E-state index contributed by atoms with van der Waals surface area (Å²) in [5.41, 5.74) is 8.98. The number of aromatic nitrogens is 3. The van der Waals surface area contributed by atoms with Gasteiger partial charge in [0.05, 0.1) is 34.2 Å². The SMILES string of the molecule is C[C@H]1CC(=O)c2c(nc3c(cnn3-c3cccc(F)c3)c2N)C1. The van der Waals surface area contributed by atoms with Gasteiger partial charge in [-0.25, -0.2) is 14.1 Å². The van der Waals surface area contributed by atoms with Crippen LogP contribution < -0.4 is 5.73 Å². The molecule has 1 atom stereocenters. The lowest BCUT2D eigenvalue weighted by Crippen LogP contribution is -2.21. The van der Waals surface area contributed by atoms with E-state index in [9.17, 15) is 9.18 Å². The Morgan fingerprint density at radius 3 is 2.96 bits per heavy atom. The van der Waals surface area contributed by atoms with Crippen molar-refractivity contribution in [3.8, 4) is 5.69 Å². The average molecular weight is 310 g/mol. The van der Waals surface area contributed by atoms with Crippen LogP contribution in [0.5, 0.6) is 0 Å². The van der Waals surface area contributed by atoms with Crippen molar-refractivity contribution in [2.75, 3.05) is 5.73 Å². The summed E-state index contributed by atoms with van der Waals surface area (Å²) in [6.45, 7) is 2.02. The number of hydrogen-bond acceptors (Lipinski definition) is 4. The number of nitrogen functional groups attached to an aromatic ring is 1. The number of carbonyl (C=O) groups is 1. The van der Waals surface area contributed by atoms with Gasteiger partial charge in [-0.05, 0) is 30.5 Å². The van der Waals surface area contributed by atoms with Crippen LogP contribution in [0.3, 0.4) is 0 Å². The second kappa shape index (κ2) is 4.87. The van der Waals surface area contributed by atoms with Gasteiger partial charge in [0.2, 0.25) is 0 Å². The Kier molecular flexibility index (Phi) is 2.94. The third-order valence-corrected chi connectivity index (χ3v) is 4.24. The van der Waals surface area contributed by atoms with Gasteiger partial charge in [0.15, 0.2) is 11.4 Å². The van der Waals surface area contributed by atoms with E-state index in [1.165, 1.54) is 12.1 Å². The Morgan fingerprint density at radius 1 is 1.35 bits per heavy atom. The van der Waals surface area contributed by atoms with E-state index >= 15 is 0 Å². The number of hydrogen-bond donors (Lipinski definition) is 1. The molecule has 5 nitrogen and oxygen atoms in total. The number of carbonyl (C=O) groups excluding carboxylic acids is 1. The van der Waals surface area contributed by atoms with Crippen molar-refractivity contribution in [2.24, 2.45) is 5.92 Å². The number of Topliss-reactive ketones (excluding diaryl/α,β-unsaturated/α-hetero) is 1. The quantitative estimate of drug-likeness (QED) is 0.750. The number of ketones is 1. The smallest absolute Gasteiger partial charge is 0.167 e. The third-order valence-electron chi connectivity index (χ3n) is 4.24. The van der Waals surface area contributed by atoms with Gasteiger partial charge in [-0.3, -0.25) is 4.79 Å². The van der Waals surface area contributed by atoms with Crippen molar-refractivity contribution in [1.82, 2.24) is 14.8 Å². The van der Waals surface area contributed by atoms with Crippen molar-refractivity contribution < 1.29 is 9.18 Å². The number of benzene rings is 1.